The molecular weight excluding hydrogens is 316 g/mol. The maximum Gasteiger partial charge on any atom is 0.342 e. The highest BCUT2D eigenvalue weighted by Crippen LogP contribution is 2.18. The topological polar surface area (TPSA) is 114 Å². The van der Waals surface area contributed by atoms with Gasteiger partial charge in [0.2, 0.25) is 0 Å². The van der Waals surface area contributed by atoms with E-state index in [1.807, 2.05) is 0 Å². The van der Waals surface area contributed by atoms with Crippen molar-refractivity contribution in [3.8, 4) is 5.75 Å². The molecule has 1 atom stereocenters. The summed E-state index contributed by atoms with van der Waals surface area (Å²) in [6, 6.07) is 4.81. The number of benzene rings is 1. The van der Waals surface area contributed by atoms with Crippen LogP contribution in [0.4, 0.5) is 4.79 Å². The van der Waals surface area contributed by atoms with Gasteiger partial charge in [-0.05, 0) is 26.0 Å². The number of phenolic OH excluding ortho intramolecular Hbond substituents is 1. The van der Waals surface area contributed by atoms with Crippen molar-refractivity contribution in [3.63, 3.8) is 0 Å². The lowest BCUT2D eigenvalue weighted by atomic mass is 10.0. The van der Waals surface area contributed by atoms with Crippen LogP contribution in [0.3, 0.4) is 0 Å². The van der Waals surface area contributed by atoms with Gasteiger partial charge in [0.05, 0.1) is 23.9 Å². The summed E-state index contributed by atoms with van der Waals surface area (Å²) in [6.07, 6.45) is 0. The maximum atomic E-state index is 12.0. The van der Waals surface area contributed by atoms with Gasteiger partial charge in [-0.2, -0.15) is 0 Å². The molecule has 1 aromatic rings. The molecule has 8 heteroatoms. The molecule has 0 aliphatic carbocycles. The lowest BCUT2D eigenvalue weighted by Gasteiger charge is -2.26. The van der Waals surface area contributed by atoms with E-state index >= 15 is 0 Å². The van der Waals surface area contributed by atoms with E-state index in [9.17, 15) is 19.5 Å². The molecule has 1 aromatic carbocycles. The van der Waals surface area contributed by atoms with Gasteiger partial charge < -0.3 is 25.2 Å². The third kappa shape index (κ3) is 3.83. The number of esters is 2. The molecule has 2 amide bonds. The molecule has 0 fully saturated rings. The Balaban J connectivity index is 2.19. The summed E-state index contributed by atoms with van der Waals surface area (Å²) < 4.78 is 10.1. The Labute approximate surface area is 138 Å². The molecule has 2 rings (SSSR count). The zero-order valence-electron chi connectivity index (χ0n) is 13.3. The summed E-state index contributed by atoms with van der Waals surface area (Å²) in [5.41, 5.74) is 0.319. The van der Waals surface area contributed by atoms with E-state index in [0.29, 0.717) is 0 Å². The smallest absolute Gasteiger partial charge is 0.342 e. The number of amides is 2. The summed E-state index contributed by atoms with van der Waals surface area (Å²) in [4.78, 5) is 35.7. The molecule has 1 aliphatic rings. The van der Waals surface area contributed by atoms with Gasteiger partial charge >= 0.3 is 18.0 Å². The lowest BCUT2D eigenvalue weighted by molar-refractivity contribution is -0.139. The van der Waals surface area contributed by atoms with Crippen molar-refractivity contribution in [2.45, 2.75) is 19.9 Å². The molecule has 0 aromatic heterocycles. The highest BCUT2D eigenvalue weighted by Gasteiger charge is 2.30. The Hall–Kier alpha value is -3.03. The first-order chi connectivity index (χ1) is 11.4. The van der Waals surface area contributed by atoms with Crippen LogP contribution in [-0.2, 0) is 14.3 Å². The van der Waals surface area contributed by atoms with Crippen LogP contribution in [0.25, 0.3) is 0 Å². The van der Waals surface area contributed by atoms with Gasteiger partial charge in [-0.25, -0.2) is 14.4 Å². The van der Waals surface area contributed by atoms with E-state index in [1.54, 1.807) is 26.0 Å². The van der Waals surface area contributed by atoms with Gasteiger partial charge in [-0.15, -0.1) is 0 Å². The Morgan fingerprint density at radius 3 is 2.58 bits per heavy atom. The van der Waals surface area contributed by atoms with Gasteiger partial charge in [0.25, 0.3) is 0 Å². The standard InChI is InChI=1S/C16H18N2O6/c1-3-23-15(21)13-9(2)17-16(22)18-11(13)8-24-14(20)10-6-4-5-7-12(10)19/h4-7,9,19H,3,8H2,1-2H3,(H2,17,18,22)/t9-/m0/s1. The van der Waals surface area contributed by atoms with Crippen LogP contribution in [0.1, 0.15) is 24.2 Å². The summed E-state index contributed by atoms with van der Waals surface area (Å²) in [7, 11) is 0. The molecule has 0 saturated heterocycles. The first-order valence-corrected chi connectivity index (χ1v) is 7.36. The molecule has 1 aliphatic heterocycles. The zero-order chi connectivity index (χ0) is 17.7. The Kier molecular flexibility index (Phi) is 5.41. The van der Waals surface area contributed by atoms with Crippen LogP contribution in [0.5, 0.6) is 5.75 Å². The largest absolute Gasteiger partial charge is 0.507 e. The predicted octanol–water partition coefficient (Wildman–Crippen LogP) is 1.07. The molecular formula is C16H18N2O6. The van der Waals surface area contributed by atoms with Crippen molar-refractivity contribution in [1.29, 1.82) is 0 Å². The second kappa shape index (κ2) is 7.49. The minimum absolute atomic E-state index is 0.0101. The van der Waals surface area contributed by atoms with Crippen LogP contribution in [0, 0.1) is 0 Å². The Bertz CT molecular complexity index is 698. The van der Waals surface area contributed by atoms with Crippen molar-refractivity contribution < 1.29 is 29.0 Å². The Morgan fingerprint density at radius 1 is 1.21 bits per heavy atom. The van der Waals surface area contributed by atoms with Crippen molar-refractivity contribution in [2.75, 3.05) is 13.2 Å². The van der Waals surface area contributed by atoms with Crippen molar-refractivity contribution in [3.05, 3.63) is 41.1 Å². The second-order valence-electron chi connectivity index (χ2n) is 5.03. The van der Waals surface area contributed by atoms with Crippen LogP contribution in [-0.4, -0.2) is 42.3 Å². The molecule has 0 unspecified atom stereocenters. The maximum absolute atomic E-state index is 12.0. The first kappa shape index (κ1) is 17.3. The Morgan fingerprint density at radius 2 is 1.92 bits per heavy atom. The molecule has 0 radical (unpaired) electrons. The van der Waals surface area contributed by atoms with Crippen molar-refractivity contribution in [2.24, 2.45) is 0 Å². The van der Waals surface area contributed by atoms with Gasteiger partial charge in [0, 0.05) is 0 Å². The first-order valence-electron chi connectivity index (χ1n) is 7.36. The number of para-hydroxylation sites is 1. The van der Waals surface area contributed by atoms with E-state index < -0.39 is 24.0 Å². The van der Waals surface area contributed by atoms with E-state index in [4.69, 9.17) is 9.47 Å². The number of phenols is 1. The van der Waals surface area contributed by atoms with Crippen LogP contribution < -0.4 is 10.6 Å². The average molecular weight is 334 g/mol. The molecule has 0 spiro atoms. The van der Waals surface area contributed by atoms with E-state index in [2.05, 4.69) is 10.6 Å². The predicted molar refractivity (Wildman–Crippen MR) is 83.2 cm³/mol. The highest BCUT2D eigenvalue weighted by atomic mass is 16.5. The van der Waals surface area contributed by atoms with E-state index in [-0.39, 0.29) is 35.8 Å². The van der Waals surface area contributed by atoms with E-state index in [1.165, 1.54) is 12.1 Å². The summed E-state index contributed by atoms with van der Waals surface area (Å²) in [5.74, 6) is -1.60. The van der Waals surface area contributed by atoms with Crippen LogP contribution >= 0.6 is 0 Å². The second-order valence-corrected chi connectivity index (χ2v) is 5.03. The highest BCUT2D eigenvalue weighted by molar-refractivity contribution is 5.95. The number of hydrogen-bond acceptors (Lipinski definition) is 6. The third-order valence-corrected chi connectivity index (χ3v) is 3.34. The fourth-order valence-corrected chi connectivity index (χ4v) is 2.25. The normalized spacial score (nSPS) is 16.9. The van der Waals surface area contributed by atoms with Gasteiger partial charge in [0.15, 0.2) is 0 Å². The van der Waals surface area contributed by atoms with Gasteiger partial charge in [-0.3, -0.25) is 0 Å². The number of ether oxygens (including phenoxy) is 2. The number of aromatic hydroxyl groups is 1. The minimum atomic E-state index is -0.774. The van der Waals surface area contributed by atoms with Crippen molar-refractivity contribution in [1.82, 2.24) is 10.6 Å². The number of hydrogen-bond donors (Lipinski definition) is 3. The minimum Gasteiger partial charge on any atom is -0.507 e. The fourth-order valence-electron chi connectivity index (χ4n) is 2.25. The van der Waals surface area contributed by atoms with Gasteiger partial charge in [0.1, 0.15) is 17.9 Å². The summed E-state index contributed by atoms with van der Waals surface area (Å²) in [5, 5.41) is 14.6. The van der Waals surface area contributed by atoms with Gasteiger partial charge in [-0.1, -0.05) is 12.1 Å². The fraction of sp³-hybridized carbons (Fsp3) is 0.312. The molecule has 1 heterocycles. The number of rotatable bonds is 5. The summed E-state index contributed by atoms with van der Waals surface area (Å²) >= 11 is 0. The lowest BCUT2D eigenvalue weighted by Crippen LogP contribution is -2.50. The number of carbonyl (C=O) groups is 3. The molecule has 3 N–H and O–H groups in total. The molecule has 24 heavy (non-hydrogen) atoms. The monoisotopic (exact) mass is 334 g/mol. The number of carbonyl (C=O) groups excluding carboxylic acids is 3. The third-order valence-electron chi connectivity index (χ3n) is 3.34. The van der Waals surface area contributed by atoms with E-state index in [0.717, 1.165) is 0 Å². The SMILES string of the molecule is CCOC(=O)C1=C(COC(=O)c2ccccc2O)NC(=O)N[C@H]1C. The molecule has 8 nitrogen and oxygen atoms in total. The quantitative estimate of drug-likeness (QED) is 0.694. The van der Waals surface area contributed by atoms with Crippen molar-refractivity contribution >= 4 is 18.0 Å². The molecule has 128 valence electrons. The molecule has 0 bridgehead atoms. The number of urea groups is 1. The zero-order valence-corrected chi connectivity index (χ0v) is 13.3. The summed E-state index contributed by atoms with van der Waals surface area (Å²) in [6.45, 7) is 3.12. The molecule has 0 saturated carbocycles. The average Bonchev–Trinajstić information content (AvgIpc) is 2.52. The van der Waals surface area contributed by atoms with Crippen LogP contribution in [0.2, 0.25) is 0 Å². The van der Waals surface area contributed by atoms with Crippen LogP contribution in [0.15, 0.2) is 35.5 Å². The number of nitrogens with one attached hydrogen (secondary N) is 2.